The van der Waals surface area contributed by atoms with Gasteiger partial charge in [0.2, 0.25) is 0 Å². The number of hydrogen-bond donors (Lipinski definition) is 2. The van der Waals surface area contributed by atoms with E-state index in [1.807, 2.05) is 6.07 Å². The fourth-order valence-corrected chi connectivity index (χ4v) is 2.18. The Labute approximate surface area is 99.9 Å². The van der Waals surface area contributed by atoms with Crippen molar-refractivity contribution in [2.75, 3.05) is 5.32 Å². The summed E-state index contributed by atoms with van der Waals surface area (Å²) >= 11 is 0. The SMILES string of the molecule is N#Cc1ccc(N[C@H]2CCCC[C@@H]2O)c(F)c1. The minimum Gasteiger partial charge on any atom is -0.391 e. The first-order chi connectivity index (χ1) is 8.20. The second-order valence-electron chi connectivity index (χ2n) is 4.41. The molecule has 0 saturated heterocycles. The number of nitriles is 1. The standard InChI is InChI=1S/C13H15FN2O/c14-10-7-9(8-15)5-6-11(10)16-12-3-1-2-4-13(12)17/h5-7,12-13,16-17H,1-4H2/t12-,13-/m0/s1. The summed E-state index contributed by atoms with van der Waals surface area (Å²) in [5.41, 5.74) is 0.659. The Balaban J connectivity index is 2.10. The summed E-state index contributed by atoms with van der Waals surface area (Å²) < 4.78 is 13.6. The van der Waals surface area contributed by atoms with E-state index in [0.717, 1.165) is 25.7 Å². The summed E-state index contributed by atoms with van der Waals surface area (Å²) in [7, 11) is 0. The van der Waals surface area contributed by atoms with Crippen LogP contribution in [0.15, 0.2) is 18.2 Å². The Morgan fingerprint density at radius 3 is 2.76 bits per heavy atom. The first-order valence-corrected chi connectivity index (χ1v) is 5.85. The van der Waals surface area contributed by atoms with E-state index in [9.17, 15) is 9.50 Å². The van der Waals surface area contributed by atoms with Gasteiger partial charge in [-0.25, -0.2) is 4.39 Å². The summed E-state index contributed by atoms with van der Waals surface area (Å²) in [4.78, 5) is 0. The molecule has 0 aromatic heterocycles. The zero-order valence-corrected chi connectivity index (χ0v) is 9.49. The predicted octanol–water partition coefficient (Wildman–Crippen LogP) is 2.41. The minimum atomic E-state index is -0.443. The highest BCUT2D eigenvalue weighted by atomic mass is 19.1. The van der Waals surface area contributed by atoms with E-state index in [4.69, 9.17) is 5.26 Å². The second kappa shape index (κ2) is 5.15. The minimum absolute atomic E-state index is 0.0915. The van der Waals surface area contributed by atoms with Crippen molar-refractivity contribution in [3.8, 4) is 6.07 Å². The van der Waals surface area contributed by atoms with Crippen LogP contribution in [0.1, 0.15) is 31.2 Å². The number of halogens is 1. The zero-order chi connectivity index (χ0) is 12.3. The van der Waals surface area contributed by atoms with Crippen molar-refractivity contribution in [3.63, 3.8) is 0 Å². The van der Waals surface area contributed by atoms with Gasteiger partial charge < -0.3 is 10.4 Å². The van der Waals surface area contributed by atoms with E-state index in [1.165, 1.54) is 6.07 Å². The van der Waals surface area contributed by atoms with Crippen LogP contribution in [0.5, 0.6) is 0 Å². The number of aliphatic hydroxyl groups excluding tert-OH is 1. The summed E-state index contributed by atoms with van der Waals surface area (Å²) in [6, 6.07) is 6.13. The molecule has 1 fully saturated rings. The summed E-state index contributed by atoms with van der Waals surface area (Å²) in [5.74, 6) is -0.443. The fourth-order valence-electron chi connectivity index (χ4n) is 2.18. The van der Waals surface area contributed by atoms with Crippen LogP contribution in [0.3, 0.4) is 0 Å². The smallest absolute Gasteiger partial charge is 0.147 e. The number of benzene rings is 1. The van der Waals surface area contributed by atoms with Gasteiger partial charge in [0.05, 0.1) is 29.5 Å². The Bertz CT molecular complexity index is 442. The molecule has 0 aliphatic heterocycles. The molecular formula is C13H15FN2O. The van der Waals surface area contributed by atoms with Gasteiger partial charge in [-0.15, -0.1) is 0 Å². The van der Waals surface area contributed by atoms with Crippen LogP contribution in [0.25, 0.3) is 0 Å². The number of hydrogen-bond acceptors (Lipinski definition) is 3. The van der Waals surface area contributed by atoms with Crippen molar-refractivity contribution >= 4 is 5.69 Å². The van der Waals surface area contributed by atoms with Crippen molar-refractivity contribution < 1.29 is 9.50 Å². The van der Waals surface area contributed by atoms with E-state index >= 15 is 0 Å². The summed E-state index contributed by atoms with van der Waals surface area (Å²) in [5, 5.41) is 21.4. The molecule has 2 atom stereocenters. The molecule has 1 aromatic rings. The van der Waals surface area contributed by atoms with Crippen LogP contribution in [0, 0.1) is 17.1 Å². The lowest BCUT2D eigenvalue weighted by Gasteiger charge is -2.29. The van der Waals surface area contributed by atoms with Crippen LogP contribution >= 0.6 is 0 Å². The maximum absolute atomic E-state index is 13.6. The van der Waals surface area contributed by atoms with Crippen molar-refractivity contribution in [3.05, 3.63) is 29.6 Å². The molecule has 0 heterocycles. The van der Waals surface area contributed by atoms with Gasteiger partial charge in [-0.2, -0.15) is 5.26 Å². The van der Waals surface area contributed by atoms with Gasteiger partial charge in [-0.1, -0.05) is 12.8 Å². The van der Waals surface area contributed by atoms with E-state index in [0.29, 0.717) is 11.3 Å². The number of aliphatic hydroxyl groups is 1. The molecule has 0 amide bonds. The molecule has 0 unspecified atom stereocenters. The van der Waals surface area contributed by atoms with E-state index < -0.39 is 11.9 Å². The van der Waals surface area contributed by atoms with Crippen molar-refractivity contribution in [2.45, 2.75) is 37.8 Å². The van der Waals surface area contributed by atoms with Crippen LogP contribution in [-0.2, 0) is 0 Å². The molecule has 2 rings (SSSR count). The number of anilines is 1. The monoisotopic (exact) mass is 234 g/mol. The zero-order valence-electron chi connectivity index (χ0n) is 9.49. The van der Waals surface area contributed by atoms with Gasteiger partial charge in [0.15, 0.2) is 0 Å². The molecule has 1 saturated carbocycles. The molecule has 0 spiro atoms. The highest BCUT2D eigenvalue weighted by Gasteiger charge is 2.23. The number of nitrogens with one attached hydrogen (secondary N) is 1. The van der Waals surface area contributed by atoms with Crippen molar-refractivity contribution in [1.82, 2.24) is 0 Å². The van der Waals surface area contributed by atoms with E-state index in [2.05, 4.69) is 5.32 Å². The maximum atomic E-state index is 13.6. The molecule has 17 heavy (non-hydrogen) atoms. The molecule has 4 heteroatoms. The van der Waals surface area contributed by atoms with Crippen LogP contribution < -0.4 is 5.32 Å². The molecule has 1 aliphatic carbocycles. The third-order valence-electron chi connectivity index (χ3n) is 3.17. The molecule has 1 aliphatic rings. The third kappa shape index (κ3) is 2.75. The quantitative estimate of drug-likeness (QED) is 0.826. The lowest BCUT2D eigenvalue weighted by atomic mass is 9.92. The molecule has 90 valence electrons. The van der Waals surface area contributed by atoms with E-state index in [-0.39, 0.29) is 6.04 Å². The third-order valence-corrected chi connectivity index (χ3v) is 3.17. The topological polar surface area (TPSA) is 56.0 Å². The van der Waals surface area contributed by atoms with E-state index in [1.54, 1.807) is 12.1 Å². The Morgan fingerprint density at radius 1 is 1.35 bits per heavy atom. The normalized spacial score (nSPS) is 24.1. The predicted molar refractivity (Wildman–Crippen MR) is 63.0 cm³/mol. The largest absolute Gasteiger partial charge is 0.391 e. The first kappa shape index (κ1) is 11.9. The van der Waals surface area contributed by atoms with Gasteiger partial charge in [-0.05, 0) is 31.0 Å². The Hall–Kier alpha value is -1.60. The molecular weight excluding hydrogens is 219 g/mol. The van der Waals surface area contributed by atoms with Crippen LogP contribution in [-0.4, -0.2) is 17.3 Å². The van der Waals surface area contributed by atoms with Gasteiger partial charge in [0.25, 0.3) is 0 Å². The van der Waals surface area contributed by atoms with Gasteiger partial charge >= 0.3 is 0 Å². The summed E-state index contributed by atoms with van der Waals surface area (Å²) in [6.45, 7) is 0. The maximum Gasteiger partial charge on any atom is 0.147 e. The molecule has 0 radical (unpaired) electrons. The molecule has 3 nitrogen and oxygen atoms in total. The average Bonchev–Trinajstić information content (AvgIpc) is 2.34. The van der Waals surface area contributed by atoms with Gasteiger partial charge in [-0.3, -0.25) is 0 Å². The molecule has 0 bridgehead atoms. The Morgan fingerprint density at radius 2 is 2.12 bits per heavy atom. The lowest BCUT2D eigenvalue weighted by molar-refractivity contribution is 0.116. The van der Waals surface area contributed by atoms with Crippen molar-refractivity contribution in [2.24, 2.45) is 0 Å². The highest BCUT2D eigenvalue weighted by molar-refractivity contribution is 5.49. The van der Waals surface area contributed by atoms with Crippen molar-refractivity contribution in [1.29, 1.82) is 5.26 Å². The number of rotatable bonds is 2. The first-order valence-electron chi connectivity index (χ1n) is 5.85. The average molecular weight is 234 g/mol. The van der Waals surface area contributed by atoms with Crippen LogP contribution in [0.2, 0.25) is 0 Å². The number of nitrogens with zero attached hydrogens (tertiary/aromatic N) is 1. The fraction of sp³-hybridized carbons (Fsp3) is 0.462. The van der Waals surface area contributed by atoms with Gasteiger partial charge in [0, 0.05) is 0 Å². The van der Waals surface area contributed by atoms with Gasteiger partial charge in [0.1, 0.15) is 5.82 Å². The second-order valence-corrected chi connectivity index (χ2v) is 4.41. The molecule has 2 N–H and O–H groups in total. The summed E-state index contributed by atoms with van der Waals surface area (Å²) in [6.07, 6.45) is 3.26. The molecule has 1 aromatic carbocycles. The lowest BCUT2D eigenvalue weighted by Crippen LogP contribution is -2.36. The van der Waals surface area contributed by atoms with Crippen LogP contribution in [0.4, 0.5) is 10.1 Å². The highest BCUT2D eigenvalue weighted by Crippen LogP contribution is 2.24. The Kier molecular flexibility index (Phi) is 3.60.